The quantitative estimate of drug-likeness (QED) is 0.531. The van der Waals surface area contributed by atoms with E-state index in [-0.39, 0.29) is 11.7 Å². The van der Waals surface area contributed by atoms with Crippen molar-refractivity contribution in [2.75, 3.05) is 5.88 Å². The van der Waals surface area contributed by atoms with Crippen LogP contribution in [0.15, 0.2) is 18.3 Å². The van der Waals surface area contributed by atoms with Crippen molar-refractivity contribution in [1.82, 2.24) is 4.98 Å². The van der Waals surface area contributed by atoms with Gasteiger partial charge in [-0.15, -0.1) is 11.6 Å². The number of hydrogen-bond acceptors (Lipinski definition) is 2. The zero-order valence-electron chi connectivity index (χ0n) is 6.88. The predicted molar refractivity (Wildman–Crippen MR) is 48.7 cm³/mol. The van der Waals surface area contributed by atoms with Crippen LogP contribution in [0.2, 0.25) is 0 Å². The molecule has 0 aromatic carbocycles. The van der Waals surface area contributed by atoms with Crippen LogP contribution in [0.25, 0.3) is 0 Å². The summed E-state index contributed by atoms with van der Waals surface area (Å²) in [6.45, 7) is 2.03. The largest absolute Gasteiger partial charge is 0.291 e. The highest BCUT2D eigenvalue weighted by Gasteiger charge is 2.04. The summed E-state index contributed by atoms with van der Waals surface area (Å²) in [7, 11) is 0. The molecule has 2 nitrogen and oxygen atoms in total. The van der Waals surface area contributed by atoms with Gasteiger partial charge in [0.15, 0.2) is 5.78 Å². The SMILES string of the molecule is CCc1ccnc(C(=O)CCl)c1. The van der Waals surface area contributed by atoms with Crippen LogP contribution in [0.4, 0.5) is 0 Å². The van der Waals surface area contributed by atoms with Crippen LogP contribution < -0.4 is 0 Å². The Morgan fingerprint density at radius 3 is 3.00 bits per heavy atom. The molecule has 0 bridgehead atoms. The summed E-state index contributed by atoms with van der Waals surface area (Å²) in [5, 5.41) is 0. The fourth-order valence-electron chi connectivity index (χ4n) is 0.915. The number of aryl methyl sites for hydroxylation is 1. The van der Waals surface area contributed by atoms with Crippen LogP contribution in [0.3, 0.4) is 0 Å². The van der Waals surface area contributed by atoms with E-state index in [4.69, 9.17) is 11.6 Å². The van der Waals surface area contributed by atoms with E-state index >= 15 is 0 Å². The Morgan fingerprint density at radius 2 is 2.42 bits per heavy atom. The third-order valence-corrected chi connectivity index (χ3v) is 1.88. The van der Waals surface area contributed by atoms with Crippen molar-refractivity contribution in [3.05, 3.63) is 29.6 Å². The monoisotopic (exact) mass is 183 g/mol. The Kier molecular flexibility index (Phi) is 3.23. The molecule has 0 unspecified atom stereocenters. The van der Waals surface area contributed by atoms with E-state index in [9.17, 15) is 4.79 Å². The number of alkyl halides is 1. The van der Waals surface area contributed by atoms with Gasteiger partial charge in [0.2, 0.25) is 0 Å². The van der Waals surface area contributed by atoms with Gasteiger partial charge in [0.05, 0.1) is 5.88 Å². The molecule has 1 rings (SSSR count). The summed E-state index contributed by atoms with van der Waals surface area (Å²) in [4.78, 5) is 15.0. The van der Waals surface area contributed by atoms with Gasteiger partial charge < -0.3 is 0 Å². The summed E-state index contributed by atoms with van der Waals surface area (Å²) < 4.78 is 0. The van der Waals surface area contributed by atoms with Crippen LogP contribution in [0, 0.1) is 0 Å². The maximum absolute atomic E-state index is 11.1. The van der Waals surface area contributed by atoms with Gasteiger partial charge in [-0.05, 0) is 24.1 Å². The zero-order valence-corrected chi connectivity index (χ0v) is 7.64. The number of nitrogens with zero attached hydrogens (tertiary/aromatic N) is 1. The number of carbonyl (C=O) groups is 1. The first kappa shape index (κ1) is 9.20. The minimum absolute atomic E-state index is 0.000166. The maximum atomic E-state index is 11.1. The summed E-state index contributed by atoms with van der Waals surface area (Å²) in [6, 6.07) is 3.68. The van der Waals surface area contributed by atoms with E-state index in [0.29, 0.717) is 5.69 Å². The summed E-state index contributed by atoms with van der Waals surface area (Å²) in [5.74, 6) is -0.118. The number of pyridine rings is 1. The van der Waals surface area contributed by atoms with E-state index < -0.39 is 0 Å². The van der Waals surface area contributed by atoms with E-state index in [1.807, 2.05) is 13.0 Å². The standard InChI is InChI=1S/C9H10ClNO/c1-2-7-3-4-11-8(5-7)9(12)6-10/h3-5H,2,6H2,1H3. The number of hydrogen-bond donors (Lipinski definition) is 0. The van der Waals surface area contributed by atoms with Crippen LogP contribution in [0.5, 0.6) is 0 Å². The highest BCUT2D eigenvalue weighted by atomic mass is 35.5. The predicted octanol–water partition coefficient (Wildman–Crippen LogP) is 2.07. The Bertz CT molecular complexity index is 286. The Morgan fingerprint density at radius 1 is 1.67 bits per heavy atom. The van der Waals surface area contributed by atoms with Gasteiger partial charge in [-0.1, -0.05) is 6.92 Å². The molecule has 1 heterocycles. The molecule has 0 spiro atoms. The molecular formula is C9H10ClNO. The van der Waals surface area contributed by atoms with Gasteiger partial charge in [0.1, 0.15) is 5.69 Å². The zero-order chi connectivity index (χ0) is 8.97. The number of halogens is 1. The van der Waals surface area contributed by atoms with Crippen LogP contribution in [-0.2, 0) is 6.42 Å². The third-order valence-electron chi connectivity index (χ3n) is 1.64. The molecule has 0 fully saturated rings. The molecule has 12 heavy (non-hydrogen) atoms. The van der Waals surface area contributed by atoms with Crippen molar-refractivity contribution in [3.8, 4) is 0 Å². The van der Waals surface area contributed by atoms with E-state index in [2.05, 4.69) is 4.98 Å². The highest BCUT2D eigenvalue weighted by molar-refractivity contribution is 6.30. The third kappa shape index (κ3) is 2.05. The van der Waals surface area contributed by atoms with E-state index in [0.717, 1.165) is 12.0 Å². The lowest BCUT2D eigenvalue weighted by Crippen LogP contribution is -2.03. The maximum Gasteiger partial charge on any atom is 0.195 e. The highest BCUT2D eigenvalue weighted by Crippen LogP contribution is 2.03. The fourth-order valence-corrected chi connectivity index (χ4v) is 1.05. The van der Waals surface area contributed by atoms with E-state index in [1.165, 1.54) is 0 Å². The minimum Gasteiger partial charge on any atom is -0.291 e. The number of ketones is 1. The normalized spacial score (nSPS) is 9.83. The molecule has 0 aliphatic rings. The summed E-state index contributed by atoms with van der Waals surface area (Å²) >= 11 is 5.39. The molecule has 0 atom stereocenters. The average Bonchev–Trinajstić information content (AvgIpc) is 2.17. The molecule has 0 saturated carbocycles. The smallest absolute Gasteiger partial charge is 0.195 e. The number of rotatable bonds is 3. The topological polar surface area (TPSA) is 30.0 Å². The molecule has 0 N–H and O–H groups in total. The van der Waals surface area contributed by atoms with Crippen LogP contribution in [-0.4, -0.2) is 16.6 Å². The van der Waals surface area contributed by atoms with Gasteiger partial charge in [0, 0.05) is 6.20 Å². The van der Waals surface area contributed by atoms with Crippen molar-refractivity contribution in [3.63, 3.8) is 0 Å². The van der Waals surface area contributed by atoms with Gasteiger partial charge in [-0.3, -0.25) is 9.78 Å². The van der Waals surface area contributed by atoms with Gasteiger partial charge in [-0.2, -0.15) is 0 Å². The lowest BCUT2D eigenvalue weighted by Gasteiger charge is -1.98. The summed E-state index contributed by atoms with van der Waals surface area (Å²) in [5.41, 5.74) is 1.57. The number of aromatic nitrogens is 1. The number of carbonyl (C=O) groups excluding carboxylic acids is 1. The van der Waals surface area contributed by atoms with Crippen molar-refractivity contribution < 1.29 is 4.79 Å². The second-order valence-electron chi connectivity index (χ2n) is 2.46. The minimum atomic E-state index is -0.119. The molecule has 0 aliphatic heterocycles. The molecule has 3 heteroatoms. The first-order valence-corrected chi connectivity index (χ1v) is 4.35. The van der Waals surface area contributed by atoms with Crippen molar-refractivity contribution in [1.29, 1.82) is 0 Å². The first-order valence-electron chi connectivity index (χ1n) is 3.82. The Hall–Kier alpha value is -0.890. The molecule has 1 aromatic rings. The van der Waals surface area contributed by atoms with Gasteiger partial charge in [0.25, 0.3) is 0 Å². The van der Waals surface area contributed by atoms with Gasteiger partial charge >= 0.3 is 0 Å². The lowest BCUT2D eigenvalue weighted by molar-refractivity contribution is 0.101. The van der Waals surface area contributed by atoms with Crippen molar-refractivity contribution in [2.24, 2.45) is 0 Å². The second-order valence-corrected chi connectivity index (χ2v) is 2.73. The fraction of sp³-hybridized carbons (Fsp3) is 0.333. The molecular weight excluding hydrogens is 174 g/mol. The molecule has 0 aliphatic carbocycles. The summed E-state index contributed by atoms with van der Waals surface area (Å²) in [6.07, 6.45) is 2.55. The lowest BCUT2D eigenvalue weighted by atomic mass is 10.1. The van der Waals surface area contributed by atoms with Gasteiger partial charge in [-0.25, -0.2) is 0 Å². The Labute approximate surface area is 76.6 Å². The van der Waals surface area contributed by atoms with Crippen molar-refractivity contribution in [2.45, 2.75) is 13.3 Å². The van der Waals surface area contributed by atoms with E-state index in [1.54, 1.807) is 12.3 Å². The second kappa shape index (κ2) is 4.21. The first-order chi connectivity index (χ1) is 5.77. The average molecular weight is 184 g/mol. The molecule has 0 amide bonds. The molecule has 64 valence electrons. The molecule has 1 aromatic heterocycles. The number of Topliss-reactive ketones (excluding diaryl/α,β-unsaturated/α-hetero) is 1. The Balaban J connectivity index is 2.93. The molecule has 0 saturated heterocycles. The van der Waals surface area contributed by atoms with Crippen LogP contribution >= 0.6 is 11.6 Å². The van der Waals surface area contributed by atoms with Crippen LogP contribution in [0.1, 0.15) is 23.0 Å². The van der Waals surface area contributed by atoms with Crippen molar-refractivity contribution >= 4 is 17.4 Å². The molecule has 0 radical (unpaired) electrons.